The molecule has 0 aliphatic rings. The van der Waals surface area contributed by atoms with Gasteiger partial charge in [-0.3, -0.25) is 10.1 Å². The fourth-order valence-corrected chi connectivity index (χ4v) is 3.47. The summed E-state index contributed by atoms with van der Waals surface area (Å²) in [6, 6.07) is 19.1. The van der Waals surface area contributed by atoms with Crippen molar-refractivity contribution < 1.29 is 0 Å². The summed E-state index contributed by atoms with van der Waals surface area (Å²) in [5.41, 5.74) is 13.2. The van der Waals surface area contributed by atoms with Crippen molar-refractivity contribution in [3.8, 4) is 11.1 Å². The van der Waals surface area contributed by atoms with Crippen LogP contribution in [0.4, 0.5) is 0 Å². The van der Waals surface area contributed by atoms with Crippen LogP contribution in [0.1, 0.15) is 23.2 Å². The topological polar surface area (TPSA) is 67.6 Å². The van der Waals surface area contributed by atoms with Crippen molar-refractivity contribution in [1.29, 1.82) is 0 Å². The van der Waals surface area contributed by atoms with Gasteiger partial charge in [-0.25, -0.2) is 0 Å². The number of benzene rings is 2. The molecule has 27 heavy (non-hydrogen) atoms. The first kappa shape index (κ1) is 17.4. The van der Waals surface area contributed by atoms with Crippen molar-refractivity contribution in [2.24, 2.45) is 5.73 Å². The standard InChI is InChI=1S/C23H24N4/c1-16-22-13-19(8-10-23(22)27-26-16)20-11-18(14-25-15-20)7-9-21(24)12-17-5-3-2-4-6-17/h2-6,8,10-11,13-15,21H,7,9,12,24H2,1H3,(H,26,27)/t21-/m1/s1. The largest absolute Gasteiger partial charge is 0.327 e. The molecule has 1 atom stereocenters. The van der Waals surface area contributed by atoms with Gasteiger partial charge in [-0.05, 0) is 61.1 Å². The second kappa shape index (κ2) is 7.72. The molecule has 0 saturated heterocycles. The number of nitrogens with one attached hydrogen (secondary N) is 1. The second-order valence-electron chi connectivity index (χ2n) is 7.15. The van der Waals surface area contributed by atoms with E-state index in [1.165, 1.54) is 11.1 Å². The molecule has 0 fully saturated rings. The van der Waals surface area contributed by atoms with E-state index in [1.54, 1.807) is 0 Å². The van der Waals surface area contributed by atoms with Crippen LogP contribution in [0.3, 0.4) is 0 Å². The van der Waals surface area contributed by atoms with Crippen molar-refractivity contribution in [2.45, 2.75) is 32.2 Å². The zero-order valence-electron chi connectivity index (χ0n) is 15.5. The number of nitrogens with two attached hydrogens (primary N) is 1. The van der Waals surface area contributed by atoms with Crippen LogP contribution >= 0.6 is 0 Å². The van der Waals surface area contributed by atoms with E-state index in [-0.39, 0.29) is 6.04 Å². The molecule has 4 nitrogen and oxygen atoms in total. The first-order chi connectivity index (χ1) is 13.2. The quantitative estimate of drug-likeness (QED) is 0.537. The lowest BCUT2D eigenvalue weighted by Crippen LogP contribution is -2.23. The highest BCUT2D eigenvalue weighted by Gasteiger charge is 2.08. The molecule has 2 aromatic carbocycles. The van der Waals surface area contributed by atoms with Gasteiger partial charge in [0.2, 0.25) is 0 Å². The fourth-order valence-electron chi connectivity index (χ4n) is 3.47. The van der Waals surface area contributed by atoms with Gasteiger partial charge in [0.25, 0.3) is 0 Å². The molecule has 136 valence electrons. The van der Waals surface area contributed by atoms with Crippen LogP contribution < -0.4 is 5.73 Å². The van der Waals surface area contributed by atoms with Gasteiger partial charge in [0.1, 0.15) is 0 Å². The molecule has 4 rings (SSSR count). The van der Waals surface area contributed by atoms with Crippen LogP contribution in [0.2, 0.25) is 0 Å². The van der Waals surface area contributed by atoms with Gasteiger partial charge in [-0.15, -0.1) is 0 Å². The lowest BCUT2D eigenvalue weighted by molar-refractivity contribution is 0.610. The molecule has 0 saturated carbocycles. The molecule has 0 aliphatic heterocycles. The van der Waals surface area contributed by atoms with Crippen LogP contribution in [0.5, 0.6) is 0 Å². The summed E-state index contributed by atoms with van der Waals surface area (Å²) in [6.07, 6.45) is 6.65. The zero-order valence-corrected chi connectivity index (χ0v) is 15.5. The first-order valence-corrected chi connectivity index (χ1v) is 9.37. The number of nitrogens with zero attached hydrogens (tertiary/aromatic N) is 2. The van der Waals surface area contributed by atoms with Gasteiger partial charge >= 0.3 is 0 Å². The van der Waals surface area contributed by atoms with Crippen LogP contribution in [-0.2, 0) is 12.8 Å². The van der Waals surface area contributed by atoms with Gasteiger partial charge in [-0.1, -0.05) is 36.4 Å². The Labute approximate surface area is 159 Å². The molecule has 0 bridgehead atoms. The molecule has 2 aromatic heterocycles. The lowest BCUT2D eigenvalue weighted by atomic mass is 9.98. The van der Waals surface area contributed by atoms with Gasteiger partial charge < -0.3 is 5.73 Å². The van der Waals surface area contributed by atoms with Crippen molar-refractivity contribution in [2.75, 3.05) is 0 Å². The monoisotopic (exact) mass is 356 g/mol. The van der Waals surface area contributed by atoms with Crippen molar-refractivity contribution in [3.05, 3.63) is 83.8 Å². The van der Waals surface area contributed by atoms with E-state index in [0.29, 0.717) is 0 Å². The van der Waals surface area contributed by atoms with Crippen molar-refractivity contribution >= 4 is 10.9 Å². The number of H-pyrrole nitrogens is 1. The highest BCUT2D eigenvalue weighted by Crippen LogP contribution is 2.25. The number of aromatic nitrogens is 3. The van der Waals surface area contributed by atoms with E-state index >= 15 is 0 Å². The van der Waals surface area contributed by atoms with E-state index in [0.717, 1.165) is 47.0 Å². The van der Waals surface area contributed by atoms with Crippen LogP contribution in [0.25, 0.3) is 22.0 Å². The Balaban J connectivity index is 1.46. The lowest BCUT2D eigenvalue weighted by Gasteiger charge is -2.12. The van der Waals surface area contributed by atoms with Gasteiger partial charge in [0.15, 0.2) is 0 Å². The number of hydrogen-bond acceptors (Lipinski definition) is 3. The number of aromatic amines is 1. The average Bonchev–Trinajstić information content (AvgIpc) is 3.08. The Kier molecular flexibility index (Phi) is 4.99. The molecule has 0 aliphatic carbocycles. The predicted molar refractivity (Wildman–Crippen MR) is 111 cm³/mol. The minimum atomic E-state index is 0.154. The van der Waals surface area contributed by atoms with Gasteiger partial charge in [0.05, 0.1) is 5.52 Å². The number of pyridine rings is 1. The third kappa shape index (κ3) is 4.07. The van der Waals surface area contributed by atoms with Gasteiger partial charge in [-0.2, -0.15) is 5.10 Å². The molecule has 0 amide bonds. The summed E-state index contributed by atoms with van der Waals surface area (Å²) >= 11 is 0. The Morgan fingerprint density at radius 2 is 1.81 bits per heavy atom. The van der Waals surface area contributed by atoms with E-state index < -0.39 is 0 Å². The third-order valence-corrected chi connectivity index (χ3v) is 5.02. The van der Waals surface area contributed by atoms with Crippen LogP contribution in [0.15, 0.2) is 67.0 Å². The maximum atomic E-state index is 6.34. The highest BCUT2D eigenvalue weighted by molar-refractivity contribution is 5.86. The Hall–Kier alpha value is -2.98. The average molecular weight is 356 g/mol. The molecule has 3 N–H and O–H groups in total. The number of fused-ring (bicyclic) bond motifs is 1. The highest BCUT2D eigenvalue weighted by atomic mass is 15.1. The van der Waals surface area contributed by atoms with Crippen LogP contribution in [0, 0.1) is 6.92 Å². The zero-order chi connectivity index (χ0) is 18.6. The molecule has 0 unspecified atom stereocenters. The first-order valence-electron chi connectivity index (χ1n) is 9.37. The Bertz CT molecular complexity index is 1040. The molecule has 0 spiro atoms. The molecule has 4 heteroatoms. The molecule has 2 heterocycles. The van der Waals surface area contributed by atoms with Crippen LogP contribution in [-0.4, -0.2) is 21.2 Å². The minimum absolute atomic E-state index is 0.154. The molecule has 0 radical (unpaired) electrons. The maximum Gasteiger partial charge on any atom is 0.0924 e. The minimum Gasteiger partial charge on any atom is -0.327 e. The molecular weight excluding hydrogens is 332 g/mol. The Morgan fingerprint density at radius 1 is 0.963 bits per heavy atom. The third-order valence-electron chi connectivity index (χ3n) is 5.02. The fraction of sp³-hybridized carbons (Fsp3) is 0.217. The predicted octanol–water partition coefficient (Wildman–Crippen LogP) is 4.44. The van der Waals surface area contributed by atoms with E-state index in [9.17, 15) is 0 Å². The summed E-state index contributed by atoms with van der Waals surface area (Å²) in [5, 5.41) is 8.49. The maximum absolute atomic E-state index is 6.34. The number of aryl methyl sites for hydroxylation is 2. The summed E-state index contributed by atoms with van der Waals surface area (Å²) < 4.78 is 0. The summed E-state index contributed by atoms with van der Waals surface area (Å²) in [7, 11) is 0. The molecular formula is C23H24N4. The van der Waals surface area contributed by atoms with E-state index in [2.05, 4.69) is 63.7 Å². The van der Waals surface area contributed by atoms with E-state index in [1.807, 2.05) is 25.4 Å². The normalized spacial score (nSPS) is 12.4. The molecule has 4 aromatic rings. The summed E-state index contributed by atoms with van der Waals surface area (Å²) in [5.74, 6) is 0. The summed E-state index contributed by atoms with van der Waals surface area (Å²) in [4.78, 5) is 4.45. The summed E-state index contributed by atoms with van der Waals surface area (Å²) in [6.45, 7) is 2.04. The van der Waals surface area contributed by atoms with Crippen molar-refractivity contribution in [1.82, 2.24) is 15.2 Å². The number of hydrogen-bond donors (Lipinski definition) is 2. The SMILES string of the molecule is Cc1[nH]nc2ccc(-c3cncc(CC[C@@H](N)Cc4ccccc4)c3)cc12. The number of rotatable bonds is 6. The van der Waals surface area contributed by atoms with Crippen molar-refractivity contribution in [3.63, 3.8) is 0 Å². The second-order valence-corrected chi connectivity index (χ2v) is 7.15. The Morgan fingerprint density at radius 3 is 2.67 bits per heavy atom. The smallest absolute Gasteiger partial charge is 0.0924 e. The van der Waals surface area contributed by atoms with E-state index in [4.69, 9.17) is 5.73 Å². The van der Waals surface area contributed by atoms with Gasteiger partial charge in [0, 0.05) is 35.1 Å².